The van der Waals surface area contributed by atoms with Crippen molar-refractivity contribution in [3.8, 4) is 0 Å². The SMILES string of the molecule is C=CC(=O)CCC(O)CO.C=CC(=O)Cl.NCC(O)CO. The van der Waals surface area contributed by atoms with Gasteiger partial charge in [0, 0.05) is 13.0 Å². The van der Waals surface area contributed by atoms with Crippen LogP contribution in [0.15, 0.2) is 25.3 Å². The summed E-state index contributed by atoms with van der Waals surface area (Å²) in [6.45, 7) is 5.96. The monoisotopic (exact) mass is 325 g/mol. The Morgan fingerprint density at radius 2 is 1.52 bits per heavy atom. The third-order valence-corrected chi connectivity index (χ3v) is 1.96. The molecule has 0 aliphatic carbocycles. The molecular weight excluding hydrogens is 302 g/mol. The van der Waals surface area contributed by atoms with Gasteiger partial charge in [-0.15, -0.1) is 0 Å². The number of ketones is 1. The Morgan fingerprint density at radius 3 is 1.71 bits per heavy atom. The van der Waals surface area contributed by atoms with Gasteiger partial charge in [-0.3, -0.25) is 9.59 Å². The van der Waals surface area contributed by atoms with Gasteiger partial charge in [-0.2, -0.15) is 0 Å². The molecule has 2 unspecified atom stereocenters. The third kappa shape index (κ3) is 27.9. The number of rotatable bonds is 8. The first-order valence-corrected chi connectivity index (χ1v) is 6.41. The molecule has 0 bridgehead atoms. The fraction of sp³-hybridized carbons (Fsp3) is 0.538. The molecule has 0 aliphatic rings. The summed E-state index contributed by atoms with van der Waals surface area (Å²) in [5, 5.41) is 32.9. The lowest BCUT2D eigenvalue weighted by Gasteiger charge is -2.02. The van der Waals surface area contributed by atoms with Gasteiger partial charge in [0.05, 0.1) is 25.4 Å². The van der Waals surface area contributed by atoms with Crippen molar-refractivity contribution in [3.05, 3.63) is 25.3 Å². The van der Waals surface area contributed by atoms with Crippen LogP contribution in [0.25, 0.3) is 0 Å². The maximum Gasteiger partial charge on any atom is 0.244 e. The summed E-state index contributed by atoms with van der Waals surface area (Å²) < 4.78 is 0. The van der Waals surface area contributed by atoms with Gasteiger partial charge in [0.25, 0.3) is 0 Å². The standard InChI is InChI=1S/C7H12O3.C3H3ClO.C3H9NO2/c1-2-6(9)3-4-7(10)5-8;1-2-3(4)5;4-1-3(6)2-5/h2,7-8,10H,1,3-5H2;2H,1H2;3,5-6H,1-2,4H2. The maximum atomic E-state index is 10.5. The molecule has 7 nitrogen and oxygen atoms in total. The zero-order valence-corrected chi connectivity index (χ0v) is 12.6. The highest BCUT2D eigenvalue weighted by molar-refractivity contribution is 6.66. The van der Waals surface area contributed by atoms with E-state index in [-0.39, 0.29) is 32.0 Å². The lowest BCUT2D eigenvalue weighted by Crippen LogP contribution is -2.22. The Kier molecular flexibility index (Phi) is 22.4. The van der Waals surface area contributed by atoms with E-state index in [2.05, 4.69) is 13.2 Å². The summed E-state index contributed by atoms with van der Waals surface area (Å²) in [6, 6.07) is 0. The van der Waals surface area contributed by atoms with Crippen LogP contribution in [0.3, 0.4) is 0 Å². The number of carbonyl (C=O) groups is 2. The van der Waals surface area contributed by atoms with Crippen LogP contribution in [0.1, 0.15) is 12.8 Å². The van der Waals surface area contributed by atoms with Crippen LogP contribution in [0, 0.1) is 0 Å². The number of halogens is 1. The van der Waals surface area contributed by atoms with E-state index in [0.717, 1.165) is 6.08 Å². The fourth-order valence-corrected chi connectivity index (χ4v) is 0.577. The number of carbonyl (C=O) groups excluding carboxylic acids is 2. The van der Waals surface area contributed by atoms with Crippen molar-refractivity contribution in [2.24, 2.45) is 5.73 Å². The third-order valence-electron chi connectivity index (χ3n) is 1.81. The molecule has 0 amide bonds. The van der Waals surface area contributed by atoms with Gasteiger partial charge in [-0.05, 0) is 30.2 Å². The highest BCUT2D eigenvalue weighted by Crippen LogP contribution is 1.96. The van der Waals surface area contributed by atoms with Crippen molar-refractivity contribution < 1.29 is 30.0 Å². The van der Waals surface area contributed by atoms with E-state index >= 15 is 0 Å². The first kappa shape index (κ1) is 24.9. The molecular formula is C13H24ClNO6. The Labute approximate surface area is 129 Å². The van der Waals surface area contributed by atoms with Crippen LogP contribution in [0.4, 0.5) is 0 Å². The first-order chi connectivity index (χ1) is 9.78. The number of nitrogens with two attached hydrogens (primary N) is 1. The van der Waals surface area contributed by atoms with Crippen molar-refractivity contribution in [3.63, 3.8) is 0 Å². The molecule has 0 radical (unpaired) electrons. The maximum absolute atomic E-state index is 10.5. The smallest absolute Gasteiger partial charge is 0.244 e. The lowest BCUT2D eigenvalue weighted by molar-refractivity contribution is -0.115. The van der Waals surface area contributed by atoms with Gasteiger partial charge in [0.15, 0.2) is 5.78 Å². The topological polar surface area (TPSA) is 141 Å². The van der Waals surface area contributed by atoms with E-state index in [0.29, 0.717) is 6.42 Å². The molecule has 8 heteroatoms. The van der Waals surface area contributed by atoms with Gasteiger partial charge in [-0.1, -0.05) is 13.2 Å². The molecule has 0 aromatic carbocycles. The van der Waals surface area contributed by atoms with E-state index in [1.807, 2.05) is 0 Å². The Bertz CT molecular complexity index is 294. The minimum atomic E-state index is -0.774. The summed E-state index contributed by atoms with van der Waals surface area (Å²) in [7, 11) is 0. The van der Waals surface area contributed by atoms with Crippen LogP contribution in [-0.2, 0) is 9.59 Å². The molecule has 2 atom stereocenters. The van der Waals surface area contributed by atoms with E-state index in [1.54, 1.807) is 0 Å². The van der Waals surface area contributed by atoms with E-state index in [4.69, 9.17) is 37.8 Å². The molecule has 0 fully saturated rings. The average Bonchev–Trinajstić information content (AvgIpc) is 2.52. The molecule has 0 aromatic heterocycles. The molecule has 0 saturated carbocycles. The van der Waals surface area contributed by atoms with Crippen molar-refractivity contribution in [1.82, 2.24) is 0 Å². The molecule has 124 valence electrons. The molecule has 0 saturated heterocycles. The highest BCUT2D eigenvalue weighted by atomic mass is 35.5. The minimum Gasteiger partial charge on any atom is -0.394 e. The molecule has 0 spiro atoms. The molecule has 6 N–H and O–H groups in total. The minimum absolute atomic E-state index is 0.104. The quantitative estimate of drug-likeness (QED) is 0.288. The summed E-state index contributed by atoms with van der Waals surface area (Å²) in [6.07, 6.45) is 1.31. The molecule has 0 aromatic rings. The van der Waals surface area contributed by atoms with Gasteiger partial charge >= 0.3 is 0 Å². The molecule has 0 rings (SSSR count). The molecule has 21 heavy (non-hydrogen) atoms. The average molecular weight is 326 g/mol. The van der Waals surface area contributed by atoms with Crippen LogP contribution in [0.5, 0.6) is 0 Å². The second-order valence-corrected chi connectivity index (χ2v) is 4.00. The predicted octanol–water partition coefficient (Wildman–Crippen LogP) is -0.889. The predicted molar refractivity (Wildman–Crippen MR) is 80.7 cm³/mol. The number of aliphatic hydroxyl groups is 4. The largest absolute Gasteiger partial charge is 0.394 e. The number of aliphatic hydroxyl groups excluding tert-OH is 4. The Balaban J connectivity index is -0.000000252. The van der Waals surface area contributed by atoms with Gasteiger partial charge in [0.2, 0.25) is 5.24 Å². The lowest BCUT2D eigenvalue weighted by atomic mass is 10.1. The molecule has 0 heterocycles. The highest BCUT2D eigenvalue weighted by Gasteiger charge is 2.03. The van der Waals surface area contributed by atoms with Crippen molar-refractivity contribution in [1.29, 1.82) is 0 Å². The summed E-state index contributed by atoms with van der Waals surface area (Å²) in [4.78, 5) is 20.0. The van der Waals surface area contributed by atoms with E-state index < -0.39 is 17.5 Å². The van der Waals surface area contributed by atoms with Crippen molar-refractivity contribution >= 4 is 22.6 Å². The van der Waals surface area contributed by atoms with Crippen LogP contribution in [0.2, 0.25) is 0 Å². The Hall–Kier alpha value is -1.09. The molecule has 0 aliphatic heterocycles. The van der Waals surface area contributed by atoms with Gasteiger partial charge < -0.3 is 26.2 Å². The Morgan fingerprint density at radius 1 is 1.10 bits per heavy atom. The van der Waals surface area contributed by atoms with Crippen molar-refractivity contribution in [2.75, 3.05) is 19.8 Å². The summed E-state index contributed by atoms with van der Waals surface area (Å²) in [5.74, 6) is -0.104. The summed E-state index contributed by atoms with van der Waals surface area (Å²) in [5.41, 5.74) is 4.87. The van der Waals surface area contributed by atoms with Gasteiger partial charge in [-0.25, -0.2) is 0 Å². The number of hydrogen-bond acceptors (Lipinski definition) is 7. The zero-order chi connectivity index (χ0) is 17.3. The normalized spacial score (nSPS) is 11.7. The fourth-order valence-electron chi connectivity index (χ4n) is 0.577. The van der Waals surface area contributed by atoms with Crippen LogP contribution >= 0.6 is 11.6 Å². The number of hydrogen-bond donors (Lipinski definition) is 5. The zero-order valence-electron chi connectivity index (χ0n) is 11.8. The van der Waals surface area contributed by atoms with Crippen LogP contribution in [-0.4, -0.2) is 63.4 Å². The summed E-state index contributed by atoms with van der Waals surface area (Å²) >= 11 is 4.71. The van der Waals surface area contributed by atoms with E-state index in [1.165, 1.54) is 6.08 Å². The van der Waals surface area contributed by atoms with Crippen molar-refractivity contribution in [2.45, 2.75) is 25.0 Å². The first-order valence-electron chi connectivity index (χ1n) is 6.03. The second-order valence-electron chi connectivity index (χ2n) is 3.63. The number of allylic oxidation sites excluding steroid dienone is 2. The van der Waals surface area contributed by atoms with E-state index in [9.17, 15) is 9.59 Å². The van der Waals surface area contributed by atoms with Gasteiger partial charge in [0.1, 0.15) is 0 Å². The van der Waals surface area contributed by atoms with Crippen LogP contribution < -0.4 is 5.73 Å². The second kappa shape index (κ2) is 18.9.